The van der Waals surface area contributed by atoms with Crippen LogP contribution >= 0.6 is 11.3 Å². The fourth-order valence-corrected chi connectivity index (χ4v) is 5.67. The van der Waals surface area contributed by atoms with Gasteiger partial charge in [0.25, 0.3) is 0 Å². The number of pyridine rings is 1. The highest BCUT2D eigenvalue weighted by Gasteiger charge is 2.35. The molecular formula is C25H27BN5O4S. The highest BCUT2D eigenvalue weighted by molar-refractivity contribution is 7.18. The van der Waals surface area contributed by atoms with E-state index in [0.717, 1.165) is 41.1 Å². The zero-order chi connectivity index (χ0) is 25.6. The fourth-order valence-electron chi connectivity index (χ4n) is 4.57. The second kappa shape index (κ2) is 9.63. The summed E-state index contributed by atoms with van der Waals surface area (Å²) < 4.78 is 6.16. The van der Waals surface area contributed by atoms with E-state index in [4.69, 9.17) is 9.64 Å². The molecule has 9 nitrogen and oxygen atoms in total. The third-order valence-corrected chi connectivity index (χ3v) is 8.08. The average Bonchev–Trinajstić information content (AvgIpc) is 3.45. The summed E-state index contributed by atoms with van der Waals surface area (Å²) in [5.74, 6) is -0.903. The molecule has 0 spiro atoms. The Kier molecular flexibility index (Phi) is 6.52. The topological polar surface area (TPSA) is 105 Å². The van der Waals surface area contributed by atoms with Gasteiger partial charge in [0.2, 0.25) is 5.88 Å². The molecule has 4 heterocycles. The monoisotopic (exact) mass is 504 g/mol. The van der Waals surface area contributed by atoms with Crippen LogP contribution in [0, 0.1) is 5.92 Å². The Balaban J connectivity index is 1.38. The van der Waals surface area contributed by atoms with Gasteiger partial charge in [0.1, 0.15) is 5.01 Å². The SMILES string of the molecule is CC1CC[C@H](c2ccc3sc(C(C)N(C)C)nc3c2)N(C(=O)C(=O)Nc2cnc3c(c2)C(=O)[B]O3)C1. The molecule has 3 atom stereocenters. The van der Waals surface area contributed by atoms with Gasteiger partial charge in [0, 0.05) is 6.54 Å². The lowest BCUT2D eigenvalue weighted by Gasteiger charge is -2.38. The lowest BCUT2D eigenvalue weighted by molar-refractivity contribution is -0.146. The summed E-state index contributed by atoms with van der Waals surface area (Å²) in [5.41, 5.74) is 2.08. The molecule has 2 aromatic heterocycles. The van der Waals surface area contributed by atoms with E-state index in [1.165, 1.54) is 12.3 Å². The fraction of sp³-hybridized carbons (Fsp3) is 0.400. The molecule has 1 saturated heterocycles. The summed E-state index contributed by atoms with van der Waals surface area (Å²) in [6, 6.07) is 7.60. The number of nitrogens with zero attached hydrogens (tertiary/aromatic N) is 4. The quantitative estimate of drug-likeness (QED) is 0.429. The molecule has 1 fully saturated rings. The largest absolute Gasteiger partial charge is 0.541 e. The zero-order valence-electron chi connectivity index (χ0n) is 20.6. The van der Waals surface area contributed by atoms with Crippen LogP contribution in [-0.4, -0.2) is 65.4 Å². The number of hydrogen-bond acceptors (Lipinski definition) is 8. The molecule has 0 bridgehead atoms. The summed E-state index contributed by atoms with van der Waals surface area (Å²) in [6.45, 7) is 4.69. The van der Waals surface area contributed by atoms with Gasteiger partial charge >= 0.3 is 19.3 Å². The number of fused-ring (bicyclic) bond motifs is 2. The molecule has 0 aliphatic carbocycles. The highest BCUT2D eigenvalue weighted by Crippen LogP contribution is 2.36. The summed E-state index contributed by atoms with van der Waals surface area (Å²) in [6.07, 6.45) is 3.09. The smallest absolute Gasteiger partial charge is 0.459 e. The van der Waals surface area contributed by atoms with Gasteiger partial charge in [-0.2, -0.15) is 0 Å². The van der Waals surface area contributed by atoms with E-state index in [-0.39, 0.29) is 40.8 Å². The Morgan fingerprint density at radius 3 is 2.86 bits per heavy atom. The molecule has 1 radical (unpaired) electrons. The van der Waals surface area contributed by atoms with Gasteiger partial charge in [-0.15, -0.1) is 11.3 Å². The van der Waals surface area contributed by atoms with E-state index < -0.39 is 11.8 Å². The summed E-state index contributed by atoms with van der Waals surface area (Å²) in [7, 11) is 5.13. The Hall–Kier alpha value is -3.31. The van der Waals surface area contributed by atoms with Gasteiger partial charge in [-0.1, -0.05) is 13.0 Å². The number of aromatic nitrogens is 2. The number of piperidine rings is 1. The van der Waals surface area contributed by atoms with Crippen LogP contribution in [0.15, 0.2) is 30.5 Å². The molecule has 1 N–H and O–H groups in total. The number of benzene rings is 1. The van der Waals surface area contributed by atoms with Crippen molar-refractivity contribution in [1.82, 2.24) is 19.8 Å². The number of hydrogen-bond donors (Lipinski definition) is 1. The molecule has 36 heavy (non-hydrogen) atoms. The van der Waals surface area contributed by atoms with E-state index in [1.54, 1.807) is 16.2 Å². The van der Waals surface area contributed by atoms with Crippen LogP contribution < -0.4 is 9.97 Å². The van der Waals surface area contributed by atoms with E-state index in [1.807, 2.05) is 26.2 Å². The first-order valence-electron chi connectivity index (χ1n) is 11.9. The number of nitrogens with one attached hydrogen (secondary N) is 1. The molecule has 11 heteroatoms. The molecule has 2 aliphatic heterocycles. The Bertz CT molecular complexity index is 1360. The van der Waals surface area contributed by atoms with Gasteiger partial charge in [-0.25, -0.2) is 9.97 Å². The molecular weight excluding hydrogens is 477 g/mol. The lowest BCUT2D eigenvalue weighted by atomic mass is 9.89. The zero-order valence-corrected chi connectivity index (χ0v) is 21.5. The van der Waals surface area contributed by atoms with Crippen LogP contribution in [0.25, 0.3) is 10.2 Å². The van der Waals surface area contributed by atoms with Crippen molar-refractivity contribution in [1.29, 1.82) is 0 Å². The highest BCUT2D eigenvalue weighted by atomic mass is 32.1. The minimum absolute atomic E-state index is 0.190. The van der Waals surface area contributed by atoms with Crippen molar-refractivity contribution < 1.29 is 19.0 Å². The predicted molar refractivity (Wildman–Crippen MR) is 138 cm³/mol. The second-order valence-corrected chi connectivity index (χ2v) is 10.8. The molecule has 2 aliphatic rings. The van der Waals surface area contributed by atoms with Crippen LogP contribution in [0.2, 0.25) is 0 Å². The molecule has 1 aromatic carbocycles. The van der Waals surface area contributed by atoms with Gasteiger partial charge in [0.05, 0.1) is 39.7 Å². The minimum atomic E-state index is -0.761. The van der Waals surface area contributed by atoms with Gasteiger partial charge in [0.15, 0.2) is 5.68 Å². The van der Waals surface area contributed by atoms with Crippen molar-refractivity contribution in [3.05, 3.63) is 46.6 Å². The standard InChI is InChI=1S/C25H27BN5O4S/c1-13-5-7-19(15-6-8-20-18(9-15)29-24(36-20)14(2)30(3)4)31(12-13)25(34)22(33)28-16-10-17-21(32)26-35-23(17)27-11-16/h6,8-11,13-14,19H,5,7,12H2,1-4H3,(H,28,33)/t13?,14?,19-/m1/s1. The van der Waals surface area contributed by atoms with E-state index >= 15 is 0 Å². The van der Waals surface area contributed by atoms with E-state index in [9.17, 15) is 14.4 Å². The van der Waals surface area contributed by atoms with Crippen molar-refractivity contribution in [3.8, 4) is 5.88 Å². The maximum absolute atomic E-state index is 13.3. The predicted octanol–water partition coefficient (Wildman–Crippen LogP) is 3.40. The van der Waals surface area contributed by atoms with E-state index in [2.05, 4.69) is 35.1 Å². The van der Waals surface area contributed by atoms with Gasteiger partial charge in [-0.05, 0) is 63.5 Å². The van der Waals surface area contributed by atoms with Crippen LogP contribution in [0.1, 0.15) is 59.7 Å². The number of carbonyl (C=O) groups excluding carboxylic acids is 3. The normalized spacial score (nSPS) is 20.1. The number of anilines is 1. The first-order chi connectivity index (χ1) is 17.2. The Morgan fingerprint density at radius 1 is 1.28 bits per heavy atom. The van der Waals surface area contributed by atoms with Crippen LogP contribution in [0.3, 0.4) is 0 Å². The Labute approximate surface area is 214 Å². The van der Waals surface area contributed by atoms with Crippen molar-refractivity contribution in [2.75, 3.05) is 26.0 Å². The summed E-state index contributed by atoms with van der Waals surface area (Å²) >= 11 is 1.67. The van der Waals surface area contributed by atoms with Gasteiger partial charge in [-0.3, -0.25) is 9.59 Å². The number of amides is 2. The van der Waals surface area contributed by atoms with Crippen LogP contribution in [0.4, 0.5) is 5.69 Å². The lowest BCUT2D eigenvalue weighted by Crippen LogP contribution is -2.46. The van der Waals surface area contributed by atoms with Crippen molar-refractivity contribution >= 4 is 52.2 Å². The number of rotatable bonds is 4. The maximum atomic E-state index is 13.3. The molecule has 2 unspecified atom stereocenters. The van der Waals surface area contributed by atoms with Crippen molar-refractivity contribution in [2.45, 2.75) is 38.8 Å². The maximum Gasteiger partial charge on any atom is 0.459 e. The van der Waals surface area contributed by atoms with Crippen molar-refractivity contribution in [3.63, 3.8) is 0 Å². The number of likely N-dealkylation sites (tertiary alicyclic amines) is 1. The number of thiazole rings is 1. The van der Waals surface area contributed by atoms with Crippen LogP contribution in [-0.2, 0) is 9.59 Å². The molecule has 185 valence electrons. The molecule has 2 amide bonds. The van der Waals surface area contributed by atoms with E-state index in [0.29, 0.717) is 6.54 Å². The van der Waals surface area contributed by atoms with Gasteiger partial charge < -0.3 is 24.6 Å². The first-order valence-corrected chi connectivity index (χ1v) is 12.8. The first kappa shape index (κ1) is 24.4. The minimum Gasteiger partial charge on any atom is -0.541 e. The average molecular weight is 504 g/mol. The summed E-state index contributed by atoms with van der Waals surface area (Å²) in [4.78, 5) is 50.8. The molecule has 3 aromatic rings. The second-order valence-electron chi connectivity index (χ2n) is 9.71. The number of carbonyl (C=O) groups is 3. The van der Waals surface area contributed by atoms with Crippen LogP contribution in [0.5, 0.6) is 5.88 Å². The third kappa shape index (κ3) is 4.60. The van der Waals surface area contributed by atoms with Crippen molar-refractivity contribution in [2.24, 2.45) is 5.92 Å². The molecule has 5 rings (SSSR count). The summed E-state index contributed by atoms with van der Waals surface area (Å²) in [5, 5.41) is 3.65. The third-order valence-electron chi connectivity index (χ3n) is 6.87. The molecule has 0 saturated carbocycles. The Morgan fingerprint density at radius 2 is 2.08 bits per heavy atom.